The first-order chi connectivity index (χ1) is 2.93. The zero-order valence-electron chi connectivity index (χ0n) is 4.32. The van der Waals surface area contributed by atoms with E-state index >= 15 is 0 Å². The summed E-state index contributed by atoms with van der Waals surface area (Å²) in [6.45, 7) is 2.06. The second-order valence-corrected chi connectivity index (χ2v) is 1.66. The maximum atomic E-state index is 2.29. The van der Waals surface area contributed by atoms with Gasteiger partial charge in [-0.05, 0) is 6.92 Å². The molecule has 1 atom stereocenters. The van der Waals surface area contributed by atoms with Crippen LogP contribution in [-0.4, -0.2) is 0 Å². The van der Waals surface area contributed by atoms with Crippen molar-refractivity contribution in [1.29, 1.82) is 0 Å². The standard InChI is InChI=1S/C6H9.Cu/c1-2-3-6-4-5-6;/h2-4,6H,5H2,1H3;/q-1;+1. The van der Waals surface area contributed by atoms with E-state index in [1.54, 1.807) is 0 Å². The molecule has 1 unspecified atom stereocenters. The molecule has 0 heterocycles. The molecule has 0 radical (unpaired) electrons. The molecule has 1 aliphatic carbocycles. The molecule has 1 heteroatoms. The molecule has 0 spiro atoms. The Bertz CT molecular complexity index is 62.6. The van der Waals surface area contributed by atoms with Crippen LogP contribution in [0, 0.1) is 12.3 Å². The fraction of sp³-hybridized carbons (Fsp3) is 0.500. The zero-order chi connectivity index (χ0) is 4.41. The predicted molar refractivity (Wildman–Crippen MR) is 27.2 cm³/mol. The Morgan fingerprint density at radius 2 is 2.29 bits per heavy atom. The van der Waals surface area contributed by atoms with Gasteiger partial charge < -0.3 is 6.42 Å². The van der Waals surface area contributed by atoms with E-state index in [9.17, 15) is 0 Å². The van der Waals surface area contributed by atoms with Gasteiger partial charge in [0.05, 0.1) is 0 Å². The van der Waals surface area contributed by atoms with E-state index in [-0.39, 0.29) is 17.1 Å². The Hall–Kier alpha value is 0.259. The smallest absolute Gasteiger partial charge is 0.326 e. The van der Waals surface area contributed by atoms with Crippen LogP contribution in [0.1, 0.15) is 13.3 Å². The van der Waals surface area contributed by atoms with Crippen molar-refractivity contribution in [2.75, 3.05) is 0 Å². The third kappa shape index (κ3) is 2.90. The summed E-state index contributed by atoms with van der Waals surface area (Å²) in [4.78, 5) is 0. The second kappa shape index (κ2) is 3.29. The molecular weight excluding hydrogens is 136 g/mol. The van der Waals surface area contributed by atoms with Gasteiger partial charge in [0.15, 0.2) is 0 Å². The summed E-state index contributed by atoms with van der Waals surface area (Å²) < 4.78 is 0. The number of hydrogen-bond acceptors (Lipinski definition) is 0. The minimum absolute atomic E-state index is 0. The summed E-state index contributed by atoms with van der Waals surface area (Å²) in [6.07, 6.45) is 7.93. The van der Waals surface area contributed by atoms with Crippen LogP contribution in [0.5, 0.6) is 0 Å². The van der Waals surface area contributed by atoms with Crippen LogP contribution in [0.3, 0.4) is 0 Å². The Morgan fingerprint density at radius 1 is 1.71 bits per heavy atom. The zero-order valence-corrected chi connectivity index (χ0v) is 5.26. The second-order valence-electron chi connectivity index (χ2n) is 1.66. The van der Waals surface area contributed by atoms with Gasteiger partial charge in [-0.1, -0.05) is 6.08 Å². The number of rotatable bonds is 1. The van der Waals surface area contributed by atoms with Gasteiger partial charge in [0.2, 0.25) is 0 Å². The summed E-state index contributed by atoms with van der Waals surface area (Å²) in [5.41, 5.74) is 0. The van der Waals surface area contributed by atoms with E-state index in [4.69, 9.17) is 0 Å². The molecule has 7 heavy (non-hydrogen) atoms. The van der Waals surface area contributed by atoms with Gasteiger partial charge in [0.1, 0.15) is 0 Å². The maximum absolute atomic E-state index is 2.29. The normalized spacial score (nSPS) is 27.3. The molecule has 0 bridgehead atoms. The quantitative estimate of drug-likeness (QED) is 0.299. The Kier molecular flexibility index (Phi) is 3.41. The van der Waals surface area contributed by atoms with Gasteiger partial charge in [-0.15, -0.1) is 6.08 Å². The van der Waals surface area contributed by atoms with Crippen molar-refractivity contribution in [3.8, 4) is 0 Å². The average Bonchev–Trinajstić information content (AvgIpc) is 2.21. The Balaban J connectivity index is 0.000000360. The fourth-order valence-electron chi connectivity index (χ4n) is 0.483. The van der Waals surface area contributed by atoms with Crippen molar-refractivity contribution in [3.05, 3.63) is 18.6 Å². The van der Waals surface area contributed by atoms with E-state index in [0.29, 0.717) is 0 Å². The molecule has 0 aromatic rings. The molecule has 0 N–H and O–H groups in total. The van der Waals surface area contributed by atoms with Crippen molar-refractivity contribution in [2.24, 2.45) is 5.92 Å². The van der Waals surface area contributed by atoms with Crippen LogP contribution in [0.2, 0.25) is 0 Å². The monoisotopic (exact) mass is 144 g/mol. The van der Waals surface area contributed by atoms with Crippen LogP contribution in [0.4, 0.5) is 0 Å². The van der Waals surface area contributed by atoms with Crippen LogP contribution in [0.25, 0.3) is 0 Å². The van der Waals surface area contributed by atoms with E-state index in [2.05, 4.69) is 25.5 Å². The Morgan fingerprint density at radius 3 is 2.43 bits per heavy atom. The van der Waals surface area contributed by atoms with E-state index < -0.39 is 0 Å². The molecule has 0 aliphatic heterocycles. The number of allylic oxidation sites excluding steroid dienone is 2. The van der Waals surface area contributed by atoms with Crippen LogP contribution in [-0.2, 0) is 17.1 Å². The molecule has 1 fully saturated rings. The largest absolute Gasteiger partial charge is 1.00 e. The molecule has 1 rings (SSSR count). The van der Waals surface area contributed by atoms with E-state index in [1.807, 2.05) is 0 Å². The molecular formula is C6H9Cu. The molecule has 0 amide bonds. The van der Waals surface area contributed by atoms with Gasteiger partial charge in [0, 0.05) is 0 Å². The average molecular weight is 145 g/mol. The first kappa shape index (κ1) is 7.26. The van der Waals surface area contributed by atoms with E-state index in [1.165, 1.54) is 6.42 Å². The van der Waals surface area contributed by atoms with E-state index in [0.717, 1.165) is 5.92 Å². The Labute approximate surface area is 55.5 Å². The van der Waals surface area contributed by atoms with Gasteiger partial charge in [0.25, 0.3) is 0 Å². The SMILES string of the molecule is CC=CC1[CH-]C1.[Cu+]. The molecule has 0 nitrogen and oxygen atoms in total. The third-order valence-electron chi connectivity index (χ3n) is 0.948. The van der Waals surface area contributed by atoms with Crippen molar-refractivity contribution in [3.63, 3.8) is 0 Å². The summed E-state index contributed by atoms with van der Waals surface area (Å²) in [7, 11) is 0. The van der Waals surface area contributed by atoms with Gasteiger partial charge in [-0.3, -0.25) is 0 Å². The molecule has 1 aliphatic rings. The van der Waals surface area contributed by atoms with Crippen molar-refractivity contribution >= 4 is 0 Å². The maximum Gasteiger partial charge on any atom is 1.00 e. The third-order valence-corrected chi connectivity index (χ3v) is 0.948. The molecule has 44 valence electrons. The molecule has 0 aromatic carbocycles. The first-order valence-electron chi connectivity index (χ1n) is 2.39. The summed E-state index contributed by atoms with van der Waals surface area (Å²) in [5, 5.41) is 0. The summed E-state index contributed by atoms with van der Waals surface area (Å²) in [6, 6.07) is 0. The summed E-state index contributed by atoms with van der Waals surface area (Å²) >= 11 is 0. The minimum Gasteiger partial charge on any atom is -0.326 e. The molecule has 1 saturated carbocycles. The topological polar surface area (TPSA) is 0 Å². The summed E-state index contributed by atoms with van der Waals surface area (Å²) in [5.74, 6) is 0.843. The van der Waals surface area contributed by atoms with Gasteiger partial charge >= 0.3 is 17.1 Å². The van der Waals surface area contributed by atoms with Crippen molar-refractivity contribution in [1.82, 2.24) is 0 Å². The fourth-order valence-corrected chi connectivity index (χ4v) is 0.483. The van der Waals surface area contributed by atoms with Gasteiger partial charge in [-0.25, -0.2) is 6.42 Å². The van der Waals surface area contributed by atoms with Crippen LogP contribution in [0.15, 0.2) is 12.2 Å². The van der Waals surface area contributed by atoms with Crippen molar-refractivity contribution in [2.45, 2.75) is 13.3 Å². The van der Waals surface area contributed by atoms with Crippen LogP contribution >= 0.6 is 0 Å². The molecule has 0 aromatic heterocycles. The minimum atomic E-state index is 0. The molecule has 0 saturated heterocycles. The predicted octanol–water partition coefficient (Wildman–Crippen LogP) is 1.78. The van der Waals surface area contributed by atoms with Crippen LogP contribution < -0.4 is 0 Å². The van der Waals surface area contributed by atoms with Gasteiger partial charge in [-0.2, -0.15) is 5.92 Å². The first-order valence-corrected chi connectivity index (χ1v) is 2.39. The number of hydrogen-bond donors (Lipinski definition) is 0. The van der Waals surface area contributed by atoms with Crippen molar-refractivity contribution < 1.29 is 17.1 Å².